The van der Waals surface area contributed by atoms with Crippen LogP contribution in [-0.4, -0.2) is 63.5 Å². The maximum atomic E-state index is 8.37. The van der Waals surface area contributed by atoms with Crippen molar-refractivity contribution in [3.05, 3.63) is 4.88 Å². The first kappa shape index (κ1) is 15.3. The number of hydrogen-bond acceptors (Lipinski definition) is 5. The molecule has 0 spiro atoms. The second kappa shape index (κ2) is 7.25. The van der Waals surface area contributed by atoms with Gasteiger partial charge in [-0.05, 0) is 11.5 Å². The molecule has 0 fully saturated rings. The average Bonchev–Trinajstić information content (AvgIpc) is 2.15. The number of hydrogen-bond donors (Lipinski definition) is 2. The normalized spacial score (nSPS) is 7.36. The SMILES string of the molecule is N#Cc1snc(S)c1S.[NaH].[NaH]. The predicted octanol–water partition coefficient (Wildman–Crippen LogP) is 0.295. The molecule has 0 aliphatic rings. The molecule has 1 rings (SSSR count). The number of nitriles is 1. The Morgan fingerprint density at radius 2 is 1.91 bits per heavy atom. The fourth-order valence-corrected chi connectivity index (χ4v) is 1.44. The van der Waals surface area contributed by atoms with Crippen LogP contribution in [0.1, 0.15) is 4.88 Å². The van der Waals surface area contributed by atoms with Gasteiger partial charge in [-0.25, -0.2) is 0 Å². The molecule has 0 atom stereocenters. The third-order valence-corrected chi connectivity index (χ3v) is 2.73. The van der Waals surface area contributed by atoms with Gasteiger partial charge in [0.1, 0.15) is 16.0 Å². The molecule has 0 saturated heterocycles. The fourth-order valence-electron chi connectivity index (χ4n) is 0.350. The van der Waals surface area contributed by atoms with E-state index in [1.165, 1.54) is 0 Å². The van der Waals surface area contributed by atoms with E-state index in [1.807, 2.05) is 6.07 Å². The zero-order valence-electron chi connectivity index (χ0n) is 4.20. The summed E-state index contributed by atoms with van der Waals surface area (Å²) in [5.41, 5.74) is 0. The molecule has 0 unspecified atom stereocenters. The molecule has 0 bridgehead atoms. The van der Waals surface area contributed by atoms with Crippen LogP contribution >= 0.6 is 36.8 Å². The van der Waals surface area contributed by atoms with E-state index in [-0.39, 0.29) is 59.1 Å². The number of thiol groups is 2. The molecule has 0 aliphatic heterocycles. The summed E-state index contributed by atoms with van der Waals surface area (Å²) in [6.07, 6.45) is 0. The molecule has 0 aliphatic carbocycles. The van der Waals surface area contributed by atoms with Crippen LogP contribution in [0.4, 0.5) is 0 Å². The number of aromatic nitrogens is 1. The maximum absolute atomic E-state index is 8.37. The van der Waals surface area contributed by atoms with E-state index in [4.69, 9.17) is 5.26 Å². The molecular weight excluding hydrogens is 218 g/mol. The van der Waals surface area contributed by atoms with Crippen molar-refractivity contribution in [2.24, 2.45) is 0 Å². The molecule has 50 valence electrons. The zero-order valence-corrected chi connectivity index (χ0v) is 6.80. The van der Waals surface area contributed by atoms with Gasteiger partial charge in [0.2, 0.25) is 0 Å². The van der Waals surface area contributed by atoms with Gasteiger partial charge in [-0.3, -0.25) is 0 Å². The Morgan fingerprint density at radius 1 is 1.36 bits per heavy atom. The van der Waals surface area contributed by atoms with Crippen LogP contribution in [0, 0.1) is 11.3 Å². The first-order valence-corrected chi connectivity index (χ1v) is 3.70. The molecule has 0 radical (unpaired) electrons. The van der Waals surface area contributed by atoms with Gasteiger partial charge in [-0.15, -0.1) is 25.3 Å². The summed E-state index contributed by atoms with van der Waals surface area (Å²) in [5, 5.41) is 8.90. The summed E-state index contributed by atoms with van der Waals surface area (Å²) >= 11 is 9.05. The van der Waals surface area contributed by atoms with Crippen LogP contribution in [0.25, 0.3) is 0 Å². The minimum absolute atomic E-state index is 0. The van der Waals surface area contributed by atoms with Gasteiger partial charge < -0.3 is 0 Å². The molecule has 0 amide bonds. The summed E-state index contributed by atoms with van der Waals surface area (Å²) in [6.45, 7) is 0. The second-order valence-corrected chi connectivity index (χ2v) is 2.94. The second-order valence-electron chi connectivity index (χ2n) is 1.30. The Kier molecular flexibility index (Phi) is 10.1. The van der Waals surface area contributed by atoms with Crippen molar-refractivity contribution in [2.75, 3.05) is 0 Å². The standard InChI is InChI=1S/C4H2N2S3.2Na.2H/c5-1-2-3(7)4(8)6-9-2;;;;/h7H,(H,6,8);;;;. The van der Waals surface area contributed by atoms with Crippen LogP contribution in [0.2, 0.25) is 0 Å². The van der Waals surface area contributed by atoms with Crippen molar-refractivity contribution in [1.82, 2.24) is 4.37 Å². The van der Waals surface area contributed by atoms with Crippen molar-refractivity contribution in [3.8, 4) is 6.07 Å². The van der Waals surface area contributed by atoms with E-state index in [0.717, 1.165) is 11.5 Å². The van der Waals surface area contributed by atoms with Crippen molar-refractivity contribution in [2.45, 2.75) is 9.92 Å². The summed E-state index contributed by atoms with van der Waals surface area (Å²) in [6, 6.07) is 1.95. The third kappa shape index (κ3) is 4.03. The van der Waals surface area contributed by atoms with Crippen molar-refractivity contribution in [3.63, 3.8) is 0 Å². The monoisotopic (exact) mass is 222 g/mol. The molecule has 1 aromatic heterocycles. The van der Waals surface area contributed by atoms with E-state index in [1.54, 1.807) is 0 Å². The zero-order chi connectivity index (χ0) is 6.85. The third-order valence-electron chi connectivity index (χ3n) is 0.752. The van der Waals surface area contributed by atoms with Gasteiger partial charge >= 0.3 is 59.1 Å². The van der Waals surface area contributed by atoms with Crippen molar-refractivity contribution >= 4 is 95.9 Å². The van der Waals surface area contributed by atoms with Gasteiger partial charge in [-0.2, -0.15) is 9.64 Å². The van der Waals surface area contributed by atoms with Crippen molar-refractivity contribution in [1.29, 1.82) is 5.26 Å². The van der Waals surface area contributed by atoms with E-state index in [2.05, 4.69) is 29.6 Å². The van der Waals surface area contributed by atoms with E-state index >= 15 is 0 Å². The Balaban J connectivity index is 0. The summed E-state index contributed by atoms with van der Waals surface area (Å²) < 4.78 is 3.79. The molecule has 0 N–H and O–H groups in total. The molecule has 11 heavy (non-hydrogen) atoms. The molecule has 0 saturated carbocycles. The molecule has 0 aromatic carbocycles. The van der Waals surface area contributed by atoms with Gasteiger partial charge in [-0.1, -0.05) is 0 Å². The van der Waals surface area contributed by atoms with E-state index in [9.17, 15) is 0 Å². The Labute approximate surface area is 124 Å². The van der Waals surface area contributed by atoms with Crippen LogP contribution in [0.5, 0.6) is 0 Å². The predicted molar refractivity (Wildman–Crippen MR) is 55.6 cm³/mol. The molecular formula is C4H4N2Na2S3. The van der Waals surface area contributed by atoms with Crippen molar-refractivity contribution < 1.29 is 0 Å². The first-order valence-electron chi connectivity index (χ1n) is 2.03. The van der Waals surface area contributed by atoms with Crippen LogP contribution in [0.3, 0.4) is 0 Å². The van der Waals surface area contributed by atoms with Gasteiger partial charge in [0, 0.05) is 0 Å². The summed E-state index contributed by atoms with van der Waals surface area (Å²) in [5.74, 6) is 0. The first-order chi connectivity index (χ1) is 4.25. The van der Waals surface area contributed by atoms with Crippen LogP contribution < -0.4 is 0 Å². The van der Waals surface area contributed by atoms with E-state index < -0.39 is 0 Å². The summed E-state index contributed by atoms with van der Waals surface area (Å²) in [4.78, 5) is 1.09. The molecule has 1 heterocycles. The van der Waals surface area contributed by atoms with Crippen LogP contribution in [-0.2, 0) is 0 Å². The minimum atomic E-state index is 0. The van der Waals surface area contributed by atoms with Crippen LogP contribution in [0.15, 0.2) is 9.92 Å². The molecule has 2 nitrogen and oxygen atoms in total. The van der Waals surface area contributed by atoms with Gasteiger partial charge in [0.05, 0.1) is 4.90 Å². The molecule has 7 heteroatoms. The Bertz CT molecular complexity index is 267. The number of nitrogens with zero attached hydrogens (tertiary/aromatic N) is 2. The average molecular weight is 222 g/mol. The number of rotatable bonds is 0. The Morgan fingerprint density at radius 3 is 2.09 bits per heavy atom. The van der Waals surface area contributed by atoms with Gasteiger partial charge in [0.25, 0.3) is 0 Å². The topological polar surface area (TPSA) is 36.7 Å². The van der Waals surface area contributed by atoms with Gasteiger partial charge in [0.15, 0.2) is 0 Å². The van der Waals surface area contributed by atoms with E-state index in [0.29, 0.717) is 14.8 Å². The molecule has 1 aromatic rings. The fraction of sp³-hybridized carbons (Fsp3) is 0. The summed E-state index contributed by atoms with van der Waals surface area (Å²) in [7, 11) is 0. The quantitative estimate of drug-likeness (QED) is 0.489. The Hall–Kier alpha value is 1.82.